The molecule has 0 amide bonds. The van der Waals surface area contributed by atoms with Gasteiger partial charge in [-0.05, 0) is 11.5 Å². The normalized spacial score (nSPS) is 12.0. The minimum Gasteiger partial charge on any atom is -0.481 e. The standard InChI is InChI=1S/C17H16N4O2/c18-14(8-16(22)23)12-9-19-17(20-10-12)21-15-7-3-5-11-4-1-2-6-13(11)15/h1-7,9-10,14H,8,18H2,(H,22,23)(H,19,20,21). The summed E-state index contributed by atoms with van der Waals surface area (Å²) in [6.45, 7) is 0. The van der Waals surface area contributed by atoms with Crippen LogP contribution in [0.1, 0.15) is 18.0 Å². The minimum absolute atomic E-state index is 0.153. The molecule has 0 bridgehead atoms. The van der Waals surface area contributed by atoms with Gasteiger partial charge in [0, 0.05) is 35.1 Å². The Labute approximate surface area is 133 Å². The van der Waals surface area contributed by atoms with E-state index in [0.29, 0.717) is 11.5 Å². The summed E-state index contributed by atoms with van der Waals surface area (Å²) in [5, 5.41) is 14.1. The molecule has 23 heavy (non-hydrogen) atoms. The first kappa shape index (κ1) is 14.9. The van der Waals surface area contributed by atoms with E-state index in [2.05, 4.69) is 15.3 Å². The van der Waals surface area contributed by atoms with Crippen molar-refractivity contribution in [2.45, 2.75) is 12.5 Å². The van der Waals surface area contributed by atoms with E-state index in [4.69, 9.17) is 10.8 Å². The van der Waals surface area contributed by atoms with E-state index in [1.165, 1.54) is 0 Å². The quantitative estimate of drug-likeness (QED) is 0.670. The van der Waals surface area contributed by atoms with Crippen LogP contribution in [-0.2, 0) is 4.79 Å². The fourth-order valence-electron chi connectivity index (χ4n) is 2.35. The number of aliphatic carboxylic acids is 1. The molecule has 3 aromatic rings. The van der Waals surface area contributed by atoms with E-state index in [1.54, 1.807) is 12.4 Å². The number of nitrogens with one attached hydrogen (secondary N) is 1. The molecule has 0 aliphatic heterocycles. The van der Waals surface area contributed by atoms with Crippen LogP contribution >= 0.6 is 0 Å². The van der Waals surface area contributed by atoms with Crippen LogP contribution in [0.15, 0.2) is 54.9 Å². The van der Waals surface area contributed by atoms with Gasteiger partial charge in [0.25, 0.3) is 0 Å². The third-order valence-corrected chi connectivity index (χ3v) is 3.53. The summed E-state index contributed by atoms with van der Waals surface area (Å²) in [5.74, 6) is -0.511. The van der Waals surface area contributed by atoms with Crippen molar-refractivity contribution in [2.24, 2.45) is 5.73 Å². The number of anilines is 2. The molecule has 3 rings (SSSR count). The highest BCUT2D eigenvalue weighted by Gasteiger charge is 2.11. The molecule has 2 aromatic carbocycles. The van der Waals surface area contributed by atoms with E-state index < -0.39 is 12.0 Å². The molecule has 0 saturated heterocycles. The van der Waals surface area contributed by atoms with Gasteiger partial charge in [-0.15, -0.1) is 0 Å². The number of rotatable bonds is 5. The van der Waals surface area contributed by atoms with Gasteiger partial charge >= 0.3 is 5.97 Å². The van der Waals surface area contributed by atoms with Crippen LogP contribution < -0.4 is 11.1 Å². The summed E-state index contributed by atoms with van der Waals surface area (Å²) in [6, 6.07) is 13.4. The van der Waals surface area contributed by atoms with E-state index >= 15 is 0 Å². The molecule has 1 heterocycles. The molecule has 116 valence electrons. The molecular weight excluding hydrogens is 292 g/mol. The third-order valence-electron chi connectivity index (χ3n) is 3.53. The van der Waals surface area contributed by atoms with Gasteiger partial charge in [0.2, 0.25) is 5.95 Å². The number of carboxylic acid groups (broad SMARTS) is 1. The van der Waals surface area contributed by atoms with Crippen molar-refractivity contribution in [2.75, 3.05) is 5.32 Å². The molecule has 1 aromatic heterocycles. The predicted molar refractivity (Wildman–Crippen MR) is 88.4 cm³/mol. The Hall–Kier alpha value is -2.99. The summed E-state index contributed by atoms with van der Waals surface area (Å²) in [7, 11) is 0. The Bertz CT molecular complexity index is 828. The van der Waals surface area contributed by atoms with Gasteiger partial charge in [0.15, 0.2) is 0 Å². The number of carbonyl (C=O) groups is 1. The van der Waals surface area contributed by atoms with Crippen LogP contribution in [0.25, 0.3) is 10.8 Å². The van der Waals surface area contributed by atoms with Gasteiger partial charge in [-0.3, -0.25) is 4.79 Å². The SMILES string of the molecule is NC(CC(=O)O)c1cnc(Nc2cccc3ccccc23)nc1. The Balaban J connectivity index is 1.81. The topological polar surface area (TPSA) is 101 Å². The van der Waals surface area contributed by atoms with Crippen molar-refractivity contribution in [3.63, 3.8) is 0 Å². The molecule has 4 N–H and O–H groups in total. The number of fused-ring (bicyclic) bond motifs is 1. The van der Waals surface area contributed by atoms with Gasteiger partial charge in [0.1, 0.15) is 0 Å². The summed E-state index contributed by atoms with van der Waals surface area (Å²) in [5.41, 5.74) is 7.29. The fourth-order valence-corrected chi connectivity index (χ4v) is 2.35. The first-order valence-corrected chi connectivity index (χ1v) is 7.17. The number of hydrogen-bond donors (Lipinski definition) is 3. The summed E-state index contributed by atoms with van der Waals surface area (Å²) in [6.07, 6.45) is 2.95. The first-order chi connectivity index (χ1) is 11.1. The largest absolute Gasteiger partial charge is 0.481 e. The lowest BCUT2D eigenvalue weighted by molar-refractivity contribution is -0.137. The van der Waals surface area contributed by atoms with E-state index in [1.807, 2.05) is 42.5 Å². The number of aromatic nitrogens is 2. The predicted octanol–water partition coefficient (Wildman–Crippen LogP) is 2.85. The van der Waals surface area contributed by atoms with Gasteiger partial charge in [-0.2, -0.15) is 0 Å². The van der Waals surface area contributed by atoms with Crippen LogP contribution in [0.5, 0.6) is 0 Å². The molecule has 0 aliphatic carbocycles. The van der Waals surface area contributed by atoms with E-state index in [9.17, 15) is 4.79 Å². The fraction of sp³-hybridized carbons (Fsp3) is 0.118. The third kappa shape index (κ3) is 3.44. The summed E-state index contributed by atoms with van der Waals surface area (Å²) in [4.78, 5) is 19.1. The first-order valence-electron chi connectivity index (χ1n) is 7.17. The van der Waals surface area contributed by atoms with Crippen molar-refractivity contribution in [3.8, 4) is 0 Å². The number of nitrogens with zero attached hydrogens (tertiary/aromatic N) is 2. The second kappa shape index (κ2) is 6.41. The Morgan fingerprint density at radius 1 is 1.13 bits per heavy atom. The van der Waals surface area contributed by atoms with Gasteiger partial charge in [0.05, 0.1) is 6.42 Å². The average Bonchev–Trinajstić information content (AvgIpc) is 2.55. The molecule has 6 heteroatoms. The Morgan fingerprint density at radius 3 is 2.57 bits per heavy atom. The maximum Gasteiger partial charge on any atom is 0.305 e. The summed E-state index contributed by atoms with van der Waals surface area (Å²) < 4.78 is 0. The van der Waals surface area contributed by atoms with E-state index in [-0.39, 0.29) is 6.42 Å². The molecule has 0 fully saturated rings. The van der Waals surface area contributed by atoms with Crippen molar-refractivity contribution in [3.05, 3.63) is 60.4 Å². The number of nitrogens with two attached hydrogens (primary N) is 1. The van der Waals surface area contributed by atoms with Crippen molar-refractivity contribution in [1.29, 1.82) is 0 Å². The molecule has 6 nitrogen and oxygen atoms in total. The van der Waals surface area contributed by atoms with Crippen LogP contribution in [0.3, 0.4) is 0 Å². The van der Waals surface area contributed by atoms with Crippen LogP contribution in [0.4, 0.5) is 11.6 Å². The maximum absolute atomic E-state index is 10.7. The molecular formula is C17H16N4O2. The van der Waals surface area contributed by atoms with Crippen LogP contribution in [0.2, 0.25) is 0 Å². The monoisotopic (exact) mass is 308 g/mol. The molecule has 1 unspecified atom stereocenters. The maximum atomic E-state index is 10.7. The lowest BCUT2D eigenvalue weighted by Crippen LogP contribution is -2.15. The zero-order chi connectivity index (χ0) is 16.2. The highest BCUT2D eigenvalue weighted by atomic mass is 16.4. The lowest BCUT2D eigenvalue weighted by Gasteiger charge is -2.11. The smallest absolute Gasteiger partial charge is 0.305 e. The number of carboxylic acids is 1. The zero-order valence-electron chi connectivity index (χ0n) is 12.3. The van der Waals surface area contributed by atoms with Crippen molar-refractivity contribution < 1.29 is 9.90 Å². The Kier molecular flexibility index (Phi) is 4.16. The minimum atomic E-state index is -0.949. The zero-order valence-corrected chi connectivity index (χ0v) is 12.3. The number of hydrogen-bond acceptors (Lipinski definition) is 5. The summed E-state index contributed by atoms with van der Waals surface area (Å²) >= 11 is 0. The molecule has 0 saturated carbocycles. The molecule has 0 spiro atoms. The highest BCUT2D eigenvalue weighted by Crippen LogP contribution is 2.25. The lowest BCUT2D eigenvalue weighted by atomic mass is 10.1. The Morgan fingerprint density at radius 2 is 1.83 bits per heavy atom. The second-order valence-electron chi connectivity index (χ2n) is 5.20. The van der Waals surface area contributed by atoms with Crippen LogP contribution in [0, 0.1) is 0 Å². The van der Waals surface area contributed by atoms with Gasteiger partial charge < -0.3 is 16.2 Å². The number of benzene rings is 2. The van der Waals surface area contributed by atoms with Gasteiger partial charge in [-0.25, -0.2) is 9.97 Å². The second-order valence-corrected chi connectivity index (χ2v) is 5.20. The van der Waals surface area contributed by atoms with Gasteiger partial charge in [-0.1, -0.05) is 36.4 Å². The highest BCUT2D eigenvalue weighted by molar-refractivity contribution is 5.94. The van der Waals surface area contributed by atoms with Crippen LogP contribution in [-0.4, -0.2) is 21.0 Å². The molecule has 1 atom stereocenters. The molecule has 0 radical (unpaired) electrons. The van der Waals surface area contributed by atoms with Crippen molar-refractivity contribution >= 4 is 28.4 Å². The molecule has 0 aliphatic rings. The van der Waals surface area contributed by atoms with E-state index in [0.717, 1.165) is 16.5 Å². The van der Waals surface area contributed by atoms with Crippen molar-refractivity contribution in [1.82, 2.24) is 9.97 Å². The average molecular weight is 308 g/mol.